The molecule has 0 heterocycles. The molecular weight excluding hydrogens is 396 g/mol. The van der Waals surface area contributed by atoms with Gasteiger partial charge in [-0.15, -0.1) is 0 Å². The second-order valence-electron chi connectivity index (χ2n) is 7.33. The fraction of sp³-hybridized carbons (Fsp3) is 0.0714. The van der Waals surface area contributed by atoms with E-state index in [-0.39, 0.29) is 11.7 Å². The predicted octanol–water partition coefficient (Wildman–Crippen LogP) is 5.68. The number of para-hydroxylation sites is 2. The monoisotopic (exact) mass is 420 g/mol. The van der Waals surface area contributed by atoms with Crippen molar-refractivity contribution in [2.45, 2.75) is 0 Å². The zero-order valence-electron chi connectivity index (χ0n) is 17.6. The topological polar surface area (TPSA) is 49.4 Å². The Morgan fingerprint density at radius 3 is 1.81 bits per heavy atom. The first-order chi connectivity index (χ1) is 15.7. The summed E-state index contributed by atoms with van der Waals surface area (Å²) in [6.45, 7) is 0.943. The van der Waals surface area contributed by atoms with Gasteiger partial charge in [0.15, 0.2) is 5.78 Å². The Kier molecular flexibility index (Phi) is 6.73. The molecule has 1 amide bonds. The van der Waals surface area contributed by atoms with Crippen molar-refractivity contribution >= 4 is 23.1 Å². The van der Waals surface area contributed by atoms with Gasteiger partial charge in [0.2, 0.25) is 0 Å². The van der Waals surface area contributed by atoms with Gasteiger partial charge in [0.1, 0.15) is 0 Å². The Bertz CT molecular complexity index is 1180. The summed E-state index contributed by atoms with van der Waals surface area (Å²) in [5.41, 5.74) is 3.47. The third-order valence-corrected chi connectivity index (χ3v) is 5.19. The fourth-order valence-electron chi connectivity index (χ4n) is 3.58. The van der Waals surface area contributed by atoms with E-state index in [1.165, 1.54) is 0 Å². The molecule has 4 heteroatoms. The molecule has 4 aromatic carbocycles. The molecule has 0 bridgehead atoms. The Hall–Kier alpha value is -4.18. The molecule has 0 spiro atoms. The van der Waals surface area contributed by atoms with E-state index in [1.807, 2.05) is 115 Å². The van der Waals surface area contributed by atoms with Crippen LogP contribution in [-0.2, 0) is 0 Å². The van der Waals surface area contributed by atoms with E-state index in [2.05, 4.69) is 5.32 Å². The molecule has 4 aromatic rings. The molecule has 0 aliphatic rings. The van der Waals surface area contributed by atoms with Gasteiger partial charge in [0.05, 0.1) is 0 Å². The van der Waals surface area contributed by atoms with Crippen molar-refractivity contribution in [1.82, 2.24) is 0 Å². The zero-order valence-corrected chi connectivity index (χ0v) is 17.6. The van der Waals surface area contributed by atoms with Crippen LogP contribution in [0.5, 0.6) is 0 Å². The van der Waals surface area contributed by atoms with Gasteiger partial charge < -0.3 is 10.2 Å². The molecule has 0 atom stereocenters. The number of hydrogen-bond acceptors (Lipinski definition) is 3. The van der Waals surface area contributed by atoms with Crippen LogP contribution in [0.2, 0.25) is 0 Å². The normalized spacial score (nSPS) is 10.4. The molecule has 0 radical (unpaired) electrons. The summed E-state index contributed by atoms with van der Waals surface area (Å²) in [5.74, 6) is -0.0961. The average molecular weight is 421 g/mol. The van der Waals surface area contributed by atoms with Crippen LogP contribution in [0.3, 0.4) is 0 Å². The van der Waals surface area contributed by atoms with Crippen LogP contribution in [0.25, 0.3) is 0 Å². The number of rotatable bonds is 8. The molecule has 0 saturated carbocycles. The number of hydrogen-bond donors (Lipinski definition) is 1. The van der Waals surface area contributed by atoms with Crippen LogP contribution in [0.4, 0.5) is 11.4 Å². The fourth-order valence-corrected chi connectivity index (χ4v) is 3.58. The number of amides is 1. The molecule has 0 aliphatic heterocycles. The van der Waals surface area contributed by atoms with E-state index < -0.39 is 0 Å². The highest BCUT2D eigenvalue weighted by Crippen LogP contribution is 2.20. The predicted molar refractivity (Wildman–Crippen MR) is 129 cm³/mol. The number of carbonyl (C=O) groups is 2. The van der Waals surface area contributed by atoms with Crippen LogP contribution >= 0.6 is 0 Å². The second-order valence-corrected chi connectivity index (χ2v) is 7.33. The molecule has 0 unspecified atom stereocenters. The first-order valence-electron chi connectivity index (χ1n) is 10.6. The number of anilines is 2. The molecule has 0 aromatic heterocycles. The van der Waals surface area contributed by atoms with Crippen molar-refractivity contribution in [2.24, 2.45) is 0 Å². The molecule has 4 nitrogen and oxygen atoms in total. The maximum absolute atomic E-state index is 13.2. The van der Waals surface area contributed by atoms with Gasteiger partial charge in [0.25, 0.3) is 5.91 Å². The molecule has 1 N–H and O–H groups in total. The van der Waals surface area contributed by atoms with E-state index in [1.54, 1.807) is 4.90 Å². The first kappa shape index (κ1) is 21.1. The van der Waals surface area contributed by atoms with Gasteiger partial charge in [-0.2, -0.15) is 0 Å². The van der Waals surface area contributed by atoms with Crippen molar-refractivity contribution in [2.75, 3.05) is 23.3 Å². The Labute approximate surface area is 188 Å². The van der Waals surface area contributed by atoms with Gasteiger partial charge in [-0.3, -0.25) is 9.59 Å². The summed E-state index contributed by atoms with van der Waals surface area (Å²) in [6.07, 6.45) is 0. The lowest BCUT2D eigenvalue weighted by Crippen LogP contribution is -2.35. The molecule has 0 aliphatic carbocycles. The summed E-state index contributed by atoms with van der Waals surface area (Å²) in [7, 11) is 0. The lowest BCUT2D eigenvalue weighted by Gasteiger charge is -2.24. The van der Waals surface area contributed by atoms with Crippen molar-refractivity contribution in [3.05, 3.63) is 132 Å². The first-order valence-corrected chi connectivity index (χ1v) is 10.6. The van der Waals surface area contributed by atoms with E-state index in [0.29, 0.717) is 29.8 Å². The summed E-state index contributed by atoms with van der Waals surface area (Å²) < 4.78 is 0. The summed E-state index contributed by atoms with van der Waals surface area (Å²) in [4.78, 5) is 27.9. The van der Waals surface area contributed by atoms with Crippen molar-refractivity contribution < 1.29 is 9.59 Å². The summed E-state index contributed by atoms with van der Waals surface area (Å²) >= 11 is 0. The van der Waals surface area contributed by atoms with Gasteiger partial charge in [-0.05, 0) is 36.4 Å². The van der Waals surface area contributed by atoms with Crippen LogP contribution in [-0.4, -0.2) is 24.8 Å². The third kappa shape index (κ3) is 4.93. The van der Waals surface area contributed by atoms with E-state index >= 15 is 0 Å². The Morgan fingerprint density at radius 2 is 1.16 bits per heavy atom. The number of nitrogens with zero attached hydrogens (tertiary/aromatic N) is 1. The standard InChI is InChI=1S/C28H24N2O2/c31-27(22-12-4-1-5-13-22)25-18-10-11-19-26(25)29-20-21-30(24-16-8-3-9-17-24)28(32)23-14-6-2-7-15-23/h1-19,29H,20-21H2. The Balaban J connectivity index is 1.52. The lowest BCUT2D eigenvalue weighted by atomic mass is 10.0. The highest BCUT2D eigenvalue weighted by molar-refractivity contribution is 6.12. The van der Waals surface area contributed by atoms with Crippen molar-refractivity contribution in [3.63, 3.8) is 0 Å². The van der Waals surface area contributed by atoms with Gasteiger partial charge >= 0.3 is 0 Å². The SMILES string of the molecule is O=C(c1ccccc1)c1ccccc1NCCN(C(=O)c1ccccc1)c1ccccc1. The maximum Gasteiger partial charge on any atom is 0.258 e. The quantitative estimate of drug-likeness (QED) is 0.373. The van der Waals surface area contributed by atoms with E-state index in [0.717, 1.165) is 11.4 Å². The second kappa shape index (κ2) is 10.2. The molecule has 32 heavy (non-hydrogen) atoms. The molecule has 0 fully saturated rings. The smallest absolute Gasteiger partial charge is 0.258 e. The van der Waals surface area contributed by atoms with Gasteiger partial charge in [-0.1, -0.05) is 78.9 Å². The number of benzene rings is 4. The zero-order chi connectivity index (χ0) is 22.2. The largest absolute Gasteiger partial charge is 0.383 e. The van der Waals surface area contributed by atoms with Crippen LogP contribution < -0.4 is 10.2 Å². The highest BCUT2D eigenvalue weighted by Gasteiger charge is 2.18. The molecular formula is C28H24N2O2. The minimum absolute atomic E-state index is 0.0334. The number of carbonyl (C=O) groups excluding carboxylic acids is 2. The van der Waals surface area contributed by atoms with E-state index in [9.17, 15) is 9.59 Å². The average Bonchev–Trinajstić information content (AvgIpc) is 2.87. The molecule has 4 rings (SSSR count). The van der Waals surface area contributed by atoms with Crippen LogP contribution in [0, 0.1) is 0 Å². The van der Waals surface area contributed by atoms with Gasteiger partial charge in [0, 0.05) is 41.2 Å². The third-order valence-electron chi connectivity index (χ3n) is 5.19. The Morgan fingerprint density at radius 1 is 0.625 bits per heavy atom. The molecule has 0 saturated heterocycles. The van der Waals surface area contributed by atoms with Crippen LogP contribution in [0.1, 0.15) is 26.3 Å². The number of ketones is 1. The summed E-state index contributed by atoms with van der Waals surface area (Å²) in [6, 6.07) is 35.6. The highest BCUT2D eigenvalue weighted by atomic mass is 16.2. The lowest BCUT2D eigenvalue weighted by molar-refractivity contribution is 0.0986. The summed E-state index contributed by atoms with van der Waals surface area (Å²) in [5, 5.41) is 3.36. The minimum atomic E-state index is -0.0627. The molecule has 158 valence electrons. The van der Waals surface area contributed by atoms with Crippen molar-refractivity contribution in [1.29, 1.82) is 0 Å². The number of nitrogens with one attached hydrogen (secondary N) is 1. The van der Waals surface area contributed by atoms with E-state index in [4.69, 9.17) is 0 Å². The minimum Gasteiger partial charge on any atom is -0.383 e. The maximum atomic E-state index is 13.2. The van der Waals surface area contributed by atoms with Crippen molar-refractivity contribution in [3.8, 4) is 0 Å². The van der Waals surface area contributed by atoms with Crippen LogP contribution in [0.15, 0.2) is 115 Å². The van der Waals surface area contributed by atoms with Gasteiger partial charge in [-0.25, -0.2) is 0 Å².